The summed E-state index contributed by atoms with van der Waals surface area (Å²) in [6.07, 6.45) is -0.958. The van der Waals surface area contributed by atoms with E-state index >= 15 is 0 Å². The lowest BCUT2D eigenvalue weighted by atomic mass is 10.1. The Morgan fingerprint density at radius 2 is 1.75 bits per heavy atom. The van der Waals surface area contributed by atoms with E-state index in [1.807, 2.05) is 73.6 Å². The zero-order valence-electron chi connectivity index (χ0n) is 20.8. The third kappa shape index (κ3) is 6.24. The molecule has 0 radical (unpaired) electrons. The molecule has 0 aliphatic carbocycles. The summed E-state index contributed by atoms with van der Waals surface area (Å²) in [5, 5.41) is -0.410. The number of carbonyl (C=O) groups is 2. The van der Waals surface area contributed by atoms with Crippen LogP contribution in [0.5, 0.6) is 5.75 Å². The van der Waals surface area contributed by atoms with E-state index in [-0.39, 0.29) is 5.91 Å². The van der Waals surface area contributed by atoms with Gasteiger partial charge in [0.2, 0.25) is 0 Å². The van der Waals surface area contributed by atoms with Gasteiger partial charge in [0.15, 0.2) is 6.10 Å². The second kappa shape index (κ2) is 11.9. The van der Waals surface area contributed by atoms with E-state index in [9.17, 15) is 9.59 Å². The standard InChI is InChI=1S/C28H30N2O4S2/c1-19(31)34-26-27(20-10-12-21(33-4)13-11-20)36-25-18-23(35-22-8-6-5-7-9-22)14-15-24(25)30(28(26)32)17-16-29(2)3/h5-15,18,26-27H,16-17H2,1-4H3/t26-,27+/m0/s1. The molecule has 36 heavy (non-hydrogen) atoms. The number of anilines is 1. The third-order valence-electron chi connectivity index (χ3n) is 5.75. The van der Waals surface area contributed by atoms with Gasteiger partial charge in [-0.15, -0.1) is 11.8 Å². The molecule has 3 aromatic carbocycles. The van der Waals surface area contributed by atoms with Gasteiger partial charge in [0.05, 0.1) is 18.0 Å². The number of methoxy groups -OCH3 is 1. The van der Waals surface area contributed by atoms with E-state index in [0.717, 1.165) is 31.7 Å². The number of benzene rings is 3. The van der Waals surface area contributed by atoms with Crippen molar-refractivity contribution in [2.45, 2.75) is 33.0 Å². The van der Waals surface area contributed by atoms with E-state index in [0.29, 0.717) is 13.1 Å². The Hall–Kier alpha value is -2.94. The molecule has 1 aliphatic rings. The molecule has 0 saturated carbocycles. The van der Waals surface area contributed by atoms with Crippen molar-refractivity contribution < 1.29 is 19.1 Å². The first kappa shape index (κ1) is 26.1. The summed E-state index contributed by atoms with van der Waals surface area (Å²) in [5.74, 6) is 0.0242. The number of fused-ring (bicyclic) bond motifs is 1. The minimum Gasteiger partial charge on any atom is -0.497 e. The number of ether oxygens (including phenoxy) is 2. The molecular formula is C28H30N2O4S2. The van der Waals surface area contributed by atoms with Crippen LogP contribution in [0.3, 0.4) is 0 Å². The Morgan fingerprint density at radius 1 is 1.03 bits per heavy atom. The first-order chi connectivity index (χ1) is 17.4. The molecule has 1 aliphatic heterocycles. The van der Waals surface area contributed by atoms with Crippen LogP contribution in [-0.2, 0) is 14.3 Å². The zero-order valence-corrected chi connectivity index (χ0v) is 22.5. The number of rotatable bonds is 8. The molecule has 3 aromatic rings. The molecular weight excluding hydrogens is 492 g/mol. The molecule has 0 bridgehead atoms. The molecule has 0 fully saturated rings. The maximum absolute atomic E-state index is 13.9. The van der Waals surface area contributed by atoms with Crippen molar-refractivity contribution in [3.05, 3.63) is 78.4 Å². The Morgan fingerprint density at radius 3 is 2.39 bits per heavy atom. The van der Waals surface area contributed by atoms with E-state index in [4.69, 9.17) is 9.47 Å². The number of carbonyl (C=O) groups excluding carboxylic acids is 2. The fourth-order valence-electron chi connectivity index (χ4n) is 3.96. The minimum atomic E-state index is -0.958. The molecule has 6 nitrogen and oxygen atoms in total. The van der Waals surface area contributed by atoms with Gasteiger partial charge in [-0.05, 0) is 62.1 Å². The number of hydrogen-bond acceptors (Lipinski definition) is 7. The van der Waals surface area contributed by atoms with Crippen molar-refractivity contribution in [3.8, 4) is 5.75 Å². The number of nitrogens with zero attached hydrogens (tertiary/aromatic N) is 2. The molecule has 0 aromatic heterocycles. The number of likely N-dealkylation sites (N-methyl/N-ethyl adjacent to an activating group) is 1. The van der Waals surface area contributed by atoms with Gasteiger partial charge in [-0.3, -0.25) is 9.59 Å². The number of thioether (sulfide) groups is 1. The largest absolute Gasteiger partial charge is 0.497 e. The molecule has 1 amide bonds. The van der Waals surface area contributed by atoms with E-state index in [1.165, 1.54) is 6.92 Å². The highest BCUT2D eigenvalue weighted by Crippen LogP contribution is 2.48. The van der Waals surface area contributed by atoms with Gasteiger partial charge in [-0.1, -0.05) is 42.1 Å². The summed E-state index contributed by atoms with van der Waals surface area (Å²) < 4.78 is 11.0. The van der Waals surface area contributed by atoms with Crippen LogP contribution in [0.15, 0.2) is 87.5 Å². The second-order valence-electron chi connectivity index (χ2n) is 8.68. The summed E-state index contributed by atoms with van der Waals surface area (Å²) in [6.45, 7) is 2.51. The number of esters is 1. The fourth-order valence-corrected chi connectivity index (χ4v) is 6.27. The van der Waals surface area contributed by atoms with E-state index < -0.39 is 17.3 Å². The molecule has 0 spiro atoms. The van der Waals surface area contributed by atoms with Crippen LogP contribution in [0.1, 0.15) is 17.7 Å². The van der Waals surface area contributed by atoms with Gasteiger partial charge in [0.1, 0.15) is 5.75 Å². The van der Waals surface area contributed by atoms with Gasteiger partial charge in [-0.25, -0.2) is 0 Å². The van der Waals surface area contributed by atoms with Gasteiger partial charge < -0.3 is 19.3 Å². The van der Waals surface area contributed by atoms with Crippen molar-refractivity contribution in [2.24, 2.45) is 0 Å². The summed E-state index contributed by atoms with van der Waals surface area (Å²) in [6, 6.07) is 23.9. The molecule has 0 N–H and O–H groups in total. The first-order valence-corrected chi connectivity index (χ1v) is 13.4. The van der Waals surface area contributed by atoms with Gasteiger partial charge in [-0.2, -0.15) is 0 Å². The molecule has 4 rings (SSSR count). The lowest BCUT2D eigenvalue weighted by Crippen LogP contribution is -2.45. The van der Waals surface area contributed by atoms with Gasteiger partial charge >= 0.3 is 5.97 Å². The average Bonchev–Trinajstić information content (AvgIpc) is 2.97. The highest BCUT2D eigenvalue weighted by molar-refractivity contribution is 8.00. The van der Waals surface area contributed by atoms with Gasteiger partial charge in [0, 0.05) is 34.7 Å². The van der Waals surface area contributed by atoms with E-state index in [2.05, 4.69) is 18.2 Å². The monoisotopic (exact) mass is 522 g/mol. The maximum Gasteiger partial charge on any atom is 0.303 e. The zero-order chi connectivity index (χ0) is 25.7. The van der Waals surface area contributed by atoms with Crippen LogP contribution in [0.2, 0.25) is 0 Å². The lowest BCUT2D eigenvalue weighted by molar-refractivity contribution is -0.152. The molecule has 188 valence electrons. The predicted octanol–water partition coefficient (Wildman–Crippen LogP) is 5.52. The van der Waals surface area contributed by atoms with Crippen LogP contribution in [0, 0.1) is 0 Å². The fraction of sp³-hybridized carbons (Fsp3) is 0.286. The Bertz CT molecular complexity index is 1200. The Kier molecular flexibility index (Phi) is 8.61. The van der Waals surface area contributed by atoms with E-state index in [1.54, 1.807) is 35.5 Å². The minimum absolute atomic E-state index is 0.220. The highest BCUT2D eigenvalue weighted by atomic mass is 32.2. The van der Waals surface area contributed by atoms with Crippen LogP contribution < -0.4 is 9.64 Å². The summed E-state index contributed by atoms with van der Waals surface area (Å²) in [7, 11) is 5.56. The van der Waals surface area contributed by atoms with Crippen LogP contribution >= 0.6 is 23.5 Å². The molecule has 0 unspecified atom stereocenters. The van der Waals surface area contributed by atoms with Crippen LogP contribution in [0.25, 0.3) is 0 Å². The molecule has 1 heterocycles. The SMILES string of the molecule is COc1ccc([C@H]2Sc3cc(Sc4ccccc4)ccc3N(CCN(C)C)C(=O)[C@H]2OC(C)=O)cc1. The van der Waals surface area contributed by atoms with Crippen molar-refractivity contribution >= 4 is 41.1 Å². The van der Waals surface area contributed by atoms with Gasteiger partial charge in [0.25, 0.3) is 5.91 Å². The number of hydrogen-bond donors (Lipinski definition) is 0. The van der Waals surface area contributed by atoms with Crippen LogP contribution in [-0.4, -0.2) is 57.2 Å². The van der Waals surface area contributed by atoms with Crippen LogP contribution in [0.4, 0.5) is 5.69 Å². The number of amides is 1. The molecule has 0 saturated heterocycles. The Labute approximate surface area is 221 Å². The summed E-state index contributed by atoms with van der Waals surface area (Å²) in [4.78, 5) is 33.0. The van der Waals surface area contributed by atoms with Crippen molar-refractivity contribution in [3.63, 3.8) is 0 Å². The van der Waals surface area contributed by atoms with Crippen molar-refractivity contribution in [1.82, 2.24) is 4.90 Å². The Balaban J connectivity index is 1.78. The predicted molar refractivity (Wildman–Crippen MR) is 145 cm³/mol. The lowest BCUT2D eigenvalue weighted by Gasteiger charge is -2.28. The normalized spacial score (nSPS) is 17.5. The molecule has 8 heteroatoms. The second-order valence-corrected chi connectivity index (χ2v) is 11.0. The van der Waals surface area contributed by atoms with Crippen molar-refractivity contribution in [2.75, 3.05) is 39.2 Å². The summed E-state index contributed by atoms with van der Waals surface area (Å²) in [5.41, 5.74) is 1.72. The topological polar surface area (TPSA) is 59.1 Å². The first-order valence-electron chi connectivity index (χ1n) is 11.7. The smallest absolute Gasteiger partial charge is 0.303 e. The average molecular weight is 523 g/mol. The maximum atomic E-state index is 13.9. The van der Waals surface area contributed by atoms with Crippen molar-refractivity contribution in [1.29, 1.82) is 0 Å². The quantitative estimate of drug-likeness (QED) is 0.361. The summed E-state index contributed by atoms with van der Waals surface area (Å²) >= 11 is 3.23. The third-order valence-corrected chi connectivity index (χ3v) is 8.10. The highest BCUT2D eigenvalue weighted by Gasteiger charge is 2.41. The molecule has 2 atom stereocenters.